The molecule has 0 heterocycles. The summed E-state index contributed by atoms with van der Waals surface area (Å²) in [7, 11) is 0. The Bertz CT molecular complexity index is 968. The first-order valence-electron chi connectivity index (χ1n) is 8.63. The summed E-state index contributed by atoms with van der Waals surface area (Å²) in [6.45, 7) is 2.07. The van der Waals surface area contributed by atoms with E-state index in [4.69, 9.17) is 11.6 Å². The van der Waals surface area contributed by atoms with Crippen molar-refractivity contribution in [1.82, 2.24) is 0 Å². The molecule has 0 aliphatic heterocycles. The number of halogens is 1. The van der Waals surface area contributed by atoms with Gasteiger partial charge in [0, 0.05) is 16.9 Å². The molecule has 27 heavy (non-hydrogen) atoms. The van der Waals surface area contributed by atoms with Gasteiger partial charge in [-0.05, 0) is 54.4 Å². The van der Waals surface area contributed by atoms with E-state index < -0.39 is 0 Å². The van der Waals surface area contributed by atoms with Crippen molar-refractivity contribution < 1.29 is 9.59 Å². The first-order valence-corrected chi connectivity index (χ1v) is 9.01. The summed E-state index contributed by atoms with van der Waals surface area (Å²) < 4.78 is 0. The molecule has 3 rings (SSSR count). The lowest BCUT2D eigenvalue weighted by Gasteiger charge is -2.10. The number of aryl methyl sites for hydroxylation is 1. The van der Waals surface area contributed by atoms with Crippen molar-refractivity contribution in [2.45, 2.75) is 13.3 Å². The van der Waals surface area contributed by atoms with E-state index in [9.17, 15) is 9.59 Å². The number of nitrogens with one attached hydrogen (secondary N) is 2. The van der Waals surface area contributed by atoms with Crippen molar-refractivity contribution in [2.75, 3.05) is 10.6 Å². The molecule has 0 atom stereocenters. The van der Waals surface area contributed by atoms with Gasteiger partial charge in [0.15, 0.2) is 0 Å². The highest BCUT2D eigenvalue weighted by Gasteiger charge is 2.11. The average molecular weight is 379 g/mol. The molecule has 0 aromatic heterocycles. The summed E-state index contributed by atoms with van der Waals surface area (Å²) in [5.41, 5.74) is 3.31. The van der Waals surface area contributed by atoms with Crippen molar-refractivity contribution in [3.63, 3.8) is 0 Å². The minimum atomic E-state index is -0.306. The predicted octanol–water partition coefficient (Wildman–Crippen LogP) is 5.41. The zero-order valence-corrected chi connectivity index (χ0v) is 15.6. The maximum Gasteiger partial charge on any atom is 0.257 e. The van der Waals surface area contributed by atoms with Crippen molar-refractivity contribution in [3.8, 4) is 0 Å². The van der Waals surface area contributed by atoms with Gasteiger partial charge in [0.05, 0.1) is 10.6 Å². The van der Waals surface area contributed by atoms with Gasteiger partial charge >= 0.3 is 0 Å². The Labute approximate surface area is 163 Å². The quantitative estimate of drug-likeness (QED) is 0.623. The maximum absolute atomic E-state index is 12.4. The third-order valence-corrected chi connectivity index (χ3v) is 4.45. The first-order chi connectivity index (χ1) is 13.1. The lowest BCUT2D eigenvalue weighted by molar-refractivity contribution is 0.101. The Morgan fingerprint density at radius 1 is 0.815 bits per heavy atom. The maximum atomic E-state index is 12.4. The molecule has 0 radical (unpaired) electrons. The van der Waals surface area contributed by atoms with E-state index in [-0.39, 0.29) is 11.8 Å². The lowest BCUT2D eigenvalue weighted by atomic mass is 10.1. The molecule has 0 spiro atoms. The summed E-state index contributed by atoms with van der Waals surface area (Å²) in [5.74, 6) is -0.508. The number of carbonyl (C=O) groups is 2. The van der Waals surface area contributed by atoms with Crippen LogP contribution in [0.1, 0.15) is 33.2 Å². The third-order valence-electron chi connectivity index (χ3n) is 4.12. The van der Waals surface area contributed by atoms with E-state index in [0.717, 1.165) is 6.42 Å². The molecule has 2 amide bonds. The predicted molar refractivity (Wildman–Crippen MR) is 110 cm³/mol. The van der Waals surface area contributed by atoms with Crippen LogP contribution in [0.25, 0.3) is 0 Å². The fourth-order valence-electron chi connectivity index (χ4n) is 2.61. The number of hydrogen-bond donors (Lipinski definition) is 2. The van der Waals surface area contributed by atoms with Gasteiger partial charge in [0.25, 0.3) is 11.8 Å². The van der Waals surface area contributed by atoms with Gasteiger partial charge in [-0.25, -0.2) is 0 Å². The Morgan fingerprint density at radius 3 is 2.07 bits per heavy atom. The summed E-state index contributed by atoms with van der Waals surface area (Å²) in [6.07, 6.45) is 0.926. The van der Waals surface area contributed by atoms with Crippen LogP contribution in [0.2, 0.25) is 5.02 Å². The molecule has 0 aliphatic carbocycles. The molecule has 0 aliphatic rings. The van der Waals surface area contributed by atoms with Gasteiger partial charge in [-0.3, -0.25) is 9.59 Å². The molecule has 0 saturated carbocycles. The average Bonchev–Trinajstić information content (AvgIpc) is 2.68. The van der Waals surface area contributed by atoms with E-state index in [1.807, 2.05) is 12.1 Å². The smallest absolute Gasteiger partial charge is 0.257 e. The Hall–Kier alpha value is -3.11. The Kier molecular flexibility index (Phi) is 5.89. The van der Waals surface area contributed by atoms with E-state index in [1.54, 1.807) is 60.7 Å². The van der Waals surface area contributed by atoms with Crippen LogP contribution in [-0.2, 0) is 6.42 Å². The zero-order valence-electron chi connectivity index (χ0n) is 14.8. The fourth-order valence-corrected chi connectivity index (χ4v) is 2.84. The van der Waals surface area contributed by atoms with Crippen LogP contribution in [0.4, 0.5) is 11.4 Å². The van der Waals surface area contributed by atoms with Crippen LogP contribution in [0.5, 0.6) is 0 Å². The van der Waals surface area contributed by atoms with Crippen LogP contribution >= 0.6 is 11.6 Å². The second kappa shape index (κ2) is 8.52. The van der Waals surface area contributed by atoms with Crippen molar-refractivity contribution in [2.24, 2.45) is 0 Å². The number of hydrogen-bond acceptors (Lipinski definition) is 2. The SMILES string of the molecule is CCc1ccc(C(=O)Nc2cccc(NC(=O)c3ccccc3Cl)c2)cc1. The van der Waals surface area contributed by atoms with Crippen LogP contribution < -0.4 is 10.6 Å². The third kappa shape index (κ3) is 4.74. The van der Waals surface area contributed by atoms with Crippen LogP contribution in [0.15, 0.2) is 72.8 Å². The monoisotopic (exact) mass is 378 g/mol. The topological polar surface area (TPSA) is 58.2 Å². The molecule has 3 aromatic rings. The van der Waals surface area contributed by atoms with Gasteiger partial charge < -0.3 is 10.6 Å². The van der Waals surface area contributed by atoms with Crippen LogP contribution in [0, 0.1) is 0 Å². The molecule has 0 unspecified atom stereocenters. The van der Waals surface area contributed by atoms with Gasteiger partial charge in [0.2, 0.25) is 0 Å². The normalized spacial score (nSPS) is 10.3. The minimum absolute atomic E-state index is 0.202. The molecule has 5 heteroatoms. The molecule has 4 nitrogen and oxygen atoms in total. The molecule has 136 valence electrons. The molecule has 0 saturated heterocycles. The molecule has 3 aromatic carbocycles. The Balaban J connectivity index is 1.70. The first kappa shape index (κ1) is 18.7. The molecular formula is C22H19ClN2O2. The van der Waals surface area contributed by atoms with Gasteiger partial charge in [-0.15, -0.1) is 0 Å². The highest BCUT2D eigenvalue weighted by molar-refractivity contribution is 6.34. The molecular weight excluding hydrogens is 360 g/mol. The number of anilines is 2. The van der Waals surface area contributed by atoms with E-state index in [1.165, 1.54) is 5.56 Å². The van der Waals surface area contributed by atoms with Gasteiger partial charge in [-0.2, -0.15) is 0 Å². The summed E-state index contributed by atoms with van der Waals surface area (Å²) in [4.78, 5) is 24.8. The largest absolute Gasteiger partial charge is 0.322 e. The highest BCUT2D eigenvalue weighted by atomic mass is 35.5. The summed E-state index contributed by atoms with van der Waals surface area (Å²) >= 11 is 6.06. The van der Waals surface area contributed by atoms with Gasteiger partial charge in [0.1, 0.15) is 0 Å². The summed E-state index contributed by atoms with van der Waals surface area (Å²) in [5, 5.41) is 6.02. The Morgan fingerprint density at radius 2 is 1.44 bits per heavy atom. The minimum Gasteiger partial charge on any atom is -0.322 e. The molecule has 0 fully saturated rings. The summed E-state index contributed by atoms with van der Waals surface area (Å²) in [6, 6.07) is 21.3. The number of carbonyl (C=O) groups excluding carboxylic acids is 2. The van der Waals surface area contributed by atoms with E-state index in [2.05, 4.69) is 17.6 Å². The number of amides is 2. The van der Waals surface area contributed by atoms with Crippen LogP contribution in [0.3, 0.4) is 0 Å². The standard InChI is InChI=1S/C22H19ClN2O2/c1-2-15-10-12-16(13-11-15)21(26)24-17-6-5-7-18(14-17)25-22(27)19-8-3-4-9-20(19)23/h3-14H,2H2,1H3,(H,24,26)(H,25,27). The fraction of sp³-hybridized carbons (Fsp3) is 0.0909. The van der Waals surface area contributed by atoms with Crippen molar-refractivity contribution in [3.05, 3.63) is 94.5 Å². The molecule has 2 N–H and O–H groups in total. The highest BCUT2D eigenvalue weighted by Crippen LogP contribution is 2.20. The number of rotatable bonds is 5. The van der Waals surface area contributed by atoms with E-state index >= 15 is 0 Å². The molecule has 0 bridgehead atoms. The second-order valence-corrected chi connectivity index (χ2v) is 6.43. The number of benzene rings is 3. The van der Waals surface area contributed by atoms with Gasteiger partial charge in [-0.1, -0.05) is 48.9 Å². The van der Waals surface area contributed by atoms with Crippen molar-refractivity contribution in [1.29, 1.82) is 0 Å². The van der Waals surface area contributed by atoms with E-state index in [0.29, 0.717) is 27.5 Å². The lowest BCUT2D eigenvalue weighted by Crippen LogP contribution is -2.14. The van der Waals surface area contributed by atoms with Crippen LogP contribution in [-0.4, -0.2) is 11.8 Å². The van der Waals surface area contributed by atoms with Crippen molar-refractivity contribution >= 4 is 34.8 Å². The zero-order chi connectivity index (χ0) is 19.2. The second-order valence-electron chi connectivity index (χ2n) is 6.02.